The third-order valence-corrected chi connectivity index (χ3v) is 3.06. The van der Waals surface area contributed by atoms with Crippen LogP contribution in [-0.4, -0.2) is 36.3 Å². The fourth-order valence-corrected chi connectivity index (χ4v) is 2.20. The number of hydrogen-bond donors (Lipinski definition) is 1. The Morgan fingerprint density at radius 2 is 2.10 bits per heavy atom. The zero-order valence-electron chi connectivity index (χ0n) is 11.1. The Bertz CT molecular complexity index is 497. The monoisotopic (exact) mass is 324 g/mol. The fraction of sp³-hybridized carbons (Fsp3) is 0.462. The molecule has 2 N–H and O–H groups in total. The number of alkyl halides is 3. The van der Waals surface area contributed by atoms with Crippen molar-refractivity contribution in [2.24, 2.45) is 5.73 Å². The van der Waals surface area contributed by atoms with E-state index < -0.39 is 12.1 Å². The standard InChI is InChI=1S/C13H15F3N2O2.ClH/c14-13(15,16)20-11-5-1-3-9(7-11)12(19)18-6-2-4-10(17)8-18;/h1,3,5,7,10H,2,4,6,8,17H2;1H/t10-;/m1./s1. The van der Waals surface area contributed by atoms with Crippen molar-refractivity contribution in [3.8, 4) is 5.75 Å². The van der Waals surface area contributed by atoms with Crippen LogP contribution in [0.15, 0.2) is 24.3 Å². The van der Waals surface area contributed by atoms with Gasteiger partial charge in [-0.25, -0.2) is 0 Å². The van der Waals surface area contributed by atoms with Gasteiger partial charge in [0.25, 0.3) is 5.91 Å². The maximum atomic E-state index is 12.2. The van der Waals surface area contributed by atoms with Gasteiger partial charge in [0.1, 0.15) is 5.75 Å². The highest BCUT2D eigenvalue weighted by Crippen LogP contribution is 2.24. The summed E-state index contributed by atoms with van der Waals surface area (Å²) in [4.78, 5) is 13.8. The summed E-state index contributed by atoms with van der Waals surface area (Å²) in [5.41, 5.74) is 5.95. The molecule has 1 saturated heterocycles. The fourth-order valence-electron chi connectivity index (χ4n) is 2.20. The van der Waals surface area contributed by atoms with Crippen molar-refractivity contribution in [1.29, 1.82) is 0 Å². The van der Waals surface area contributed by atoms with Crippen LogP contribution in [-0.2, 0) is 0 Å². The van der Waals surface area contributed by atoms with Crippen LogP contribution in [0.5, 0.6) is 5.75 Å². The zero-order chi connectivity index (χ0) is 14.8. The van der Waals surface area contributed by atoms with Crippen LogP contribution in [0.25, 0.3) is 0 Å². The highest BCUT2D eigenvalue weighted by atomic mass is 35.5. The van der Waals surface area contributed by atoms with E-state index in [0.717, 1.165) is 25.0 Å². The lowest BCUT2D eigenvalue weighted by molar-refractivity contribution is -0.274. The molecule has 0 spiro atoms. The topological polar surface area (TPSA) is 55.6 Å². The molecular weight excluding hydrogens is 309 g/mol. The number of nitrogens with zero attached hydrogens (tertiary/aromatic N) is 1. The Hall–Kier alpha value is -1.47. The summed E-state index contributed by atoms with van der Waals surface area (Å²) in [6.07, 6.45) is -3.12. The van der Waals surface area contributed by atoms with E-state index in [1.165, 1.54) is 12.1 Å². The molecule has 0 saturated carbocycles. The van der Waals surface area contributed by atoms with Crippen LogP contribution in [0.4, 0.5) is 13.2 Å². The quantitative estimate of drug-likeness (QED) is 0.909. The van der Waals surface area contributed by atoms with Gasteiger partial charge in [0.2, 0.25) is 0 Å². The molecule has 1 fully saturated rings. The van der Waals surface area contributed by atoms with Crippen molar-refractivity contribution >= 4 is 18.3 Å². The summed E-state index contributed by atoms with van der Waals surface area (Å²) in [5, 5.41) is 0. The second kappa shape index (κ2) is 7.00. The molecule has 1 atom stereocenters. The normalized spacial score (nSPS) is 18.9. The summed E-state index contributed by atoms with van der Waals surface area (Å²) in [6.45, 7) is 0.986. The lowest BCUT2D eigenvalue weighted by atomic mass is 10.1. The van der Waals surface area contributed by atoms with Crippen LogP contribution in [0.1, 0.15) is 23.2 Å². The number of amides is 1. The highest BCUT2D eigenvalue weighted by molar-refractivity contribution is 5.94. The van der Waals surface area contributed by atoms with E-state index >= 15 is 0 Å². The van der Waals surface area contributed by atoms with E-state index in [1.54, 1.807) is 4.90 Å². The van der Waals surface area contributed by atoms with Crippen LogP contribution in [0.2, 0.25) is 0 Å². The Balaban J connectivity index is 0.00000220. The van der Waals surface area contributed by atoms with Crippen LogP contribution in [0, 0.1) is 0 Å². The van der Waals surface area contributed by atoms with E-state index in [-0.39, 0.29) is 29.9 Å². The number of piperidine rings is 1. The molecule has 4 nitrogen and oxygen atoms in total. The molecular formula is C13H16ClF3N2O2. The molecule has 1 aliphatic heterocycles. The first-order valence-electron chi connectivity index (χ1n) is 6.26. The van der Waals surface area contributed by atoms with Crippen molar-refractivity contribution in [1.82, 2.24) is 4.90 Å². The molecule has 2 rings (SSSR count). The molecule has 118 valence electrons. The summed E-state index contributed by atoms with van der Waals surface area (Å²) >= 11 is 0. The van der Waals surface area contributed by atoms with Gasteiger partial charge >= 0.3 is 6.36 Å². The molecule has 21 heavy (non-hydrogen) atoms. The largest absolute Gasteiger partial charge is 0.573 e. The average Bonchev–Trinajstić information content (AvgIpc) is 2.36. The summed E-state index contributed by atoms with van der Waals surface area (Å²) in [6, 6.07) is 4.99. The summed E-state index contributed by atoms with van der Waals surface area (Å²) < 4.78 is 40.2. The second-order valence-corrected chi connectivity index (χ2v) is 4.73. The first kappa shape index (κ1) is 17.6. The number of benzene rings is 1. The van der Waals surface area contributed by atoms with Crippen molar-refractivity contribution in [3.05, 3.63) is 29.8 Å². The first-order chi connectivity index (χ1) is 9.35. The van der Waals surface area contributed by atoms with Crippen LogP contribution in [0.3, 0.4) is 0 Å². The minimum absolute atomic E-state index is 0. The number of halogens is 4. The van der Waals surface area contributed by atoms with E-state index in [0.29, 0.717) is 13.1 Å². The predicted octanol–water partition coefficient (Wildman–Crippen LogP) is 2.57. The number of ether oxygens (including phenoxy) is 1. The average molecular weight is 325 g/mol. The third-order valence-electron chi connectivity index (χ3n) is 3.06. The van der Waals surface area contributed by atoms with E-state index in [2.05, 4.69) is 4.74 Å². The van der Waals surface area contributed by atoms with Gasteiger partial charge in [0.15, 0.2) is 0 Å². The molecule has 0 aromatic heterocycles. The smallest absolute Gasteiger partial charge is 0.406 e. The van der Waals surface area contributed by atoms with Crippen molar-refractivity contribution in [2.75, 3.05) is 13.1 Å². The maximum absolute atomic E-state index is 12.2. The Morgan fingerprint density at radius 3 is 2.71 bits per heavy atom. The van der Waals surface area contributed by atoms with Gasteiger partial charge in [-0.05, 0) is 31.0 Å². The molecule has 1 aromatic rings. The molecule has 1 aliphatic rings. The number of carbonyl (C=O) groups is 1. The number of nitrogens with two attached hydrogens (primary N) is 1. The molecule has 8 heteroatoms. The predicted molar refractivity (Wildman–Crippen MR) is 73.5 cm³/mol. The molecule has 0 bridgehead atoms. The van der Waals surface area contributed by atoms with Gasteiger partial charge in [-0.3, -0.25) is 4.79 Å². The molecule has 0 aliphatic carbocycles. The molecule has 1 heterocycles. The third kappa shape index (κ3) is 5.09. The molecule has 1 amide bonds. The van der Waals surface area contributed by atoms with E-state index in [4.69, 9.17) is 5.73 Å². The Kier molecular flexibility index (Phi) is 5.86. The van der Waals surface area contributed by atoms with E-state index in [1.807, 2.05) is 0 Å². The Morgan fingerprint density at radius 1 is 1.38 bits per heavy atom. The Labute approximate surface area is 126 Å². The number of likely N-dealkylation sites (tertiary alicyclic amines) is 1. The van der Waals surface area contributed by atoms with Gasteiger partial charge in [-0.15, -0.1) is 25.6 Å². The minimum atomic E-state index is -4.77. The van der Waals surface area contributed by atoms with Crippen molar-refractivity contribution in [3.63, 3.8) is 0 Å². The van der Waals surface area contributed by atoms with Crippen molar-refractivity contribution in [2.45, 2.75) is 25.2 Å². The zero-order valence-corrected chi connectivity index (χ0v) is 11.9. The van der Waals surface area contributed by atoms with Gasteiger partial charge in [0.05, 0.1) is 0 Å². The summed E-state index contributed by atoms with van der Waals surface area (Å²) in [7, 11) is 0. The van der Waals surface area contributed by atoms with E-state index in [9.17, 15) is 18.0 Å². The number of carbonyl (C=O) groups excluding carboxylic acids is 1. The molecule has 0 radical (unpaired) electrons. The van der Waals surface area contributed by atoms with Crippen LogP contribution < -0.4 is 10.5 Å². The minimum Gasteiger partial charge on any atom is -0.406 e. The van der Waals surface area contributed by atoms with Gasteiger partial charge < -0.3 is 15.4 Å². The SMILES string of the molecule is Cl.N[C@@H]1CCCN(C(=O)c2cccc(OC(F)(F)F)c2)C1. The summed E-state index contributed by atoms with van der Waals surface area (Å²) in [5.74, 6) is -0.725. The number of rotatable bonds is 2. The lowest BCUT2D eigenvalue weighted by Gasteiger charge is -2.30. The van der Waals surface area contributed by atoms with Crippen molar-refractivity contribution < 1.29 is 22.7 Å². The second-order valence-electron chi connectivity index (χ2n) is 4.73. The van der Waals surface area contributed by atoms with Gasteiger partial charge in [-0.1, -0.05) is 6.07 Å². The van der Waals surface area contributed by atoms with Gasteiger partial charge in [-0.2, -0.15) is 0 Å². The molecule has 0 unspecified atom stereocenters. The lowest BCUT2D eigenvalue weighted by Crippen LogP contribution is -2.45. The molecule has 1 aromatic carbocycles. The maximum Gasteiger partial charge on any atom is 0.573 e. The highest BCUT2D eigenvalue weighted by Gasteiger charge is 2.31. The first-order valence-corrected chi connectivity index (χ1v) is 6.26. The number of hydrogen-bond acceptors (Lipinski definition) is 3. The van der Waals surface area contributed by atoms with Gasteiger partial charge in [0, 0.05) is 24.7 Å². The van der Waals surface area contributed by atoms with Crippen LogP contribution >= 0.6 is 12.4 Å².